The number of ether oxygens (including phenoxy) is 2. The van der Waals surface area contributed by atoms with Crippen molar-refractivity contribution in [2.75, 3.05) is 19.5 Å². The lowest BCUT2D eigenvalue weighted by atomic mass is 9.92. The molecule has 2 heterocycles. The Labute approximate surface area is 156 Å². The van der Waals surface area contributed by atoms with E-state index in [2.05, 4.69) is 15.4 Å². The molecule has 1 aliphatic heterocycles. The number of benzene rings is 2. The van der Waals surface area contributed by atoms with Crippen molar-refractivity contribution in [3.05, 3.63) is 64.9 Å². The highest BCUT2D eigenvalue weighted by Crippen LogP contribution is 2.41. The normalized spacial score (nSPS) is 18.7. The van der Waals surface area contributed by atoms with Gasteiger partial charge in [0.1, 0.15) is 17.8 Å². The standard InChI is InChI=1S/C19H19ClN4O2/c1-25-14-7-8-18(26-2)15(9-14)17-10-16(12-3-5-13(20)6-4-12)23-19-21-11-22-24(17)19/h3-9,11,16-17H,10H2,1-2H3,(H,21,22,23)/t16-,17+/m1/s1. The van der Waals surface area contributed by atoms with Crippen LogP contribution in [0.2, 0.25) is 5.02 Å². The van der Waals surface area contributed by atoms with E-state index in [0.717, 1.165) is 40.0 Å². The minimum atomic E-state index is -0.0283. The van der Waals surface area contributed by atoms with Crippen LogP contribution in [0.4, 0.5) is 5.95 Å². The Morgan fingerprint density at radius 3 is 2.65 bits per heavy atom. The molecule has 0 aliphatic carbocycles. The van der Waals surface area contributed by atoms with Crippen molar-refractivity contribution in [1.82, 2.24) is 14.8 Å². The molecule has 4 rings (SSSR count). The summed E-state index contributed by atoms with van der Waals surface area (Å²) in [5.41, 5.74) is 2.16. The Balaban J connectivity index is 1.77. The number of methoxy groups -OCH3 is 2. The second-order valence-electron chi connectivity index (χ2n) is 6.14. The van der Waals surface area contributed by atoms with E-state index in [4.69, 9.17) is 21.1 Å². The molecule has 1 aromatic heterocycles. The van der Waals surface area contributed by atoms with E-state index in [9.17, 15) is 0 Å². The zero-order valence-electron chi connectivity index (χ0n) is 14.5. The fourth-order valence-electron chi connectivity index (χ4n) is 3.39. The zero-order chi connectivity index (χ0) is 18.1. The number of anilines is 1. The second-order valence-corrected chi connectivity index (χ2v) is 6.57. The fourth-order valence-corrected chi connectivity index (χ4v) is 3.52. The number of fused-ring (bicyclic) bond motifs is 1. The lowest BCUT2D eigenvalue weighted by molar-refractivity contribution is 0.373. The molecule has 1 aliphatic rings. The third-order valence-corrected chi connectivity index (χ3v) is 4.95. The molecular formula is C19H19ClN4O2. The van der Waals surface area contributed by atoms with Crippen LogP contribution < -0.4 is 14.8 Å². The van der Waals surface area contributed by atoms with Crippen LogP contribution in [-0.4, -0.2) is 29.0 Å². The molecule has 134 valence electrons. The highest BCUT2D eigenvalue weighted by atomic mass is 35.5. The first-order valence-electron chi connectivity index (χ1n) is 8.33. The van der Waals surface area contributed by atoms with Gasteiger partial charge in [0.15, 0.2) is 0 Å². The smallest absolute Gasteiger partial charge is 0.222 e. The molecule has 0 fully saturated rings. The molecule has 0 saturated heterocycles. The first-order valence-corrected chi connectivity index (χ1v) is 8.71. The van der Waals surface area contributed by atoms with Gasteiger partial charge in [0, 0.05) is 10.6 Å². The van der Waals surface area contributed by atoms with E-state index in [0.29, 0.717) is 0 Å². The van der Waals surface area contributed by atoms with Gasteiger partial charge >= 0.3 is 0 Å². The minimum absolute atomic E-state index is 0.0283. The SMILES string of the molecule is COc1ccc(OC)c([C@@H]2C[C@H](c3ccc(Cl)cc3)Nc3ncnn32)c1. The molecule has 0 radical (unpaired) electrons. The Kier molecular flexibility index (Phi) is 4.42. The quantitative estimate of drug-likeness (QED) is 0.749. The molecule has 26 heavy (non-hydrogen) atoms. The summed E-state index contributed by atoms with van der Waals surface area (Å²) in [5, 5.41) is 8.59. The number of rotatable bonds is 4. The van der Waals surface area contributed by atoms with Crippen molar-refractivity contribution in [2.45, 2.75) is 18.5 Å². The van der Waals surface area contributed by atoms with E-state index in [1.54, 1.807) is 20.5 Å². The Bertz CT molecular complexity index is 910. The predicted octanol–water partition coefficient (Wildman–Crippen LogP) is 4.10. The lowest BCUT2D eigenvalue weighted by Crippen LogP contribution is -2.28. The zero-order valence-corrected chi connectivity index (χ0v) is 15.3. The molecule has 0 unspecified atom stereocenters. The van der Waals surface area contributed by atoms with Crippen molar-refractivity contribution in [3.63, 3.8) is 0 Å². The number of halogens is 1. The van der Waals surface area contributed by atoms with Crippen molar-refractivity contribution in [3.8, 4) is 11.5 Å². The number of nitrogens with zero attached hydrogens (tertiary/aromatic N) is 3. The maximum Gasteiger partial charge on any atom is 0.222 e. The van der Waals surface area contributed by atoms with Crippen molar-refractivity contribution in [2.24, 2.45) is 0 Å². The summed E-state index contributed by atoms with van der Waals surface area (Å²) in [6.45, 7) is 0. The van der Waals surface area contributed by atoms with Gasteiger partial charge in [-0.1, -0.05) is 23.7 Å². The first kappa shape index (κ1) is 16.7. The average molecular weight is 371 g/mol. The molecule has 0 saturated carbocycles. The van der Waals surface area contributed by atoms with Crippen LogP contribution in [0, 0.1) is 0 Å². The summed E-state index contributed by atoms with van der Waals surface area (Å²) < 4.78 is 12.9. The van der Waals surface area contributed by atoms with Crippen LogP contribution in [-0.2, 0) is 0 Å². The lowest BCUT2D eigenvalue weighted by Gasteiger charge is -2.32. The molecule has 2 aromatic carbocycles. The number of hydrogen-bond acceptors (Lipinski definition) is 5. The second kappa shape index (κ2) is 6.88. The summed E-state index contributed by atoms with van der Waals surface area (Å²) in [4.78, 5) is 4.37. The van der Waals surface area contributed by atoms with Crippen LogP contribution >= 0.6 is 11.6 Å². The van der Waals surface area contributed by atoms with E-state index < -0.39 is 0 Å². The molecule has 6 nitrogen and oxygen atoms in total. The minimum Gasteiger partial charge on any atom is -0.497 e. The Hall–Kier alpha value is -2.73. The highest BCUT2D eigenvalue weighted by Gasteiger charge is 2.31. The maximum absolute atomic E-state index is 6.03. The van der Waals surface area contributed by atoms with Crippen LogP contribution in [0.5, 0.6) is 11.5 Å². The Morgan fingerprint density at radius 2 is 1.92 bits per heavy atom. The van der Waals surface area contributed by atoms with Crippen molar-refractivity contribution < 1.29 is 9.47 Å². The van der Waals surface area contributed by atoms with Crippen LogP contribution in [0.15, 0.2) is 48.8 Å². The van der Waals surface area contributed by atoms with Crippen LogP contribution in [0.1, 0.15) is 29.6 Å². The summed E-state index contributed by atoms with van der Waals surface area (Å²) in [6, 6.07) is 13.7. The van der Waals surface area contributed by atoms with Gasteiger partial charge in [0.25, 0.3) is 0 Å². The van der Waals surface area contributed by atoms with Gasteiger partial charge in [-0.05, 0) is 42.3 Å². The van der Waals surface area contributed by atoms with E-state index >= 15 is 0 Å². The largest absolute Gasteiger partial charge is 0.497 e. The average Bonchev–Trinajstić information content (AvgIpc) is 3.16. The van der Waals surface area contributed by atoms with Gasteiger partial charge in [0.05, 0.1) is 26.3 Å². The fraction of sp³-hybridized carbons (Fsp3) is 0.263. The molecule has 0 spiro atoms. The van der Waals surface area contributed by atoms with Gasteiger partial charge in [0.2, 0.25) is 5.95 Å². The molecule has 1 N–H and O–H groups in total. The maximum atomic E-state index is 6.03. The molecular weight excluding hydrogens is 352 g/mol. The van der Waals surface area contributed by atoms with Crippen LogP contribution in [0.3, 0.4) is 0 Å². The molecule has 7 heteroatoms. The summed E-state index contributed by atoms with van der Waals surface area (Å²) >= 11 is 6.03. The molecule has 0 amide bonds. The van der Waals surface area contributed by atoms with Gasteiger partial charge in [-0.15, -0.1) is 0 Å². The van der Waals surface area contributed by atoms with E-state index in [-0.39, 0.29) is 12.1 Å². The van der Waals surface area contributed by atoms with E-state index in [1.807, 2.05) is 47.1 Å². The number of nitrogens with one attached hydrogen (secondary N) is 1. The molecule has 3 aromatic rings. The van der Waals surface area contributed by atoms with Gasteiger partial charge < -0.3 is 14.8 Å². The van der Waals surface area contributed by atoms with Crippen LogP contribution in [0.25, 0.3) is 0 Å². The number of hydrogen-bond donors (Lipinski definition) is 1. The summed E-state index contributed by atoms with van der Waals surface area (Å²) in [5.74, 6) is 2.31. The van der Waals surface area contributed by atoms with E-state index in [1.165, 1.54) is 0 Å². The van der Waals surface area contributed by atoms with Crippen molar-refractivity contribution >= 4 is 17.5 Å². The highest BCUT2D eigenvalue weighted by molar-refractivity contribution is 6.30. The Morgan fingerprint density at radius 1 is 1.12 bits per heavy atom. The summed E-state index contributed by atoms with van der Waals surface area (Å²) in [7, 11) is 3.33. The van der Waals surface area contributed by atoms with Gasteiger partial charge in [-0.3, -0.25) is 0 Å². The van der Waals surface area contributed by atoms with Crippen molar-refractivity contribution in [1.29, 1.82) is 0 Å². The molecule has 0 bridgehead atoms. The number of aromatic nitrogens is 3. The topological polar surface area (TPSA) is 61.2 Å². The van der Waals surface area contributed by atoms with Gasteiger partial charge in [-0.25, -0.2) is 4.68 Å². The predicted molar refractivity (Wildman–Crippen MR) is 100 cm³/mol. The summed E-state index contributed by atoms with van der Waals surface area (Å²) in [6.07, 6.45) is 2.35. The molecule has 2 atom stereocenters. The first-order chi connectivity index (χ1) is 12.7. The monoisotopic (exact) mass is 370 g/mol. The third kappa shape index (κ3) is 2.97. The third-order valence-electron chi connectivity index (χ3n) is 4.70. The van der Waals surface area contributed by atoms with Gasteiger partial charge in [-0.2, -0.15) is 10.1 Å².